The van der Waals surface area contributed by atoms with Crippen molar-refractivity contribution in [3.8, 4) is 11.6 Å². The van der Waals surface area contributed by atoms with E-state index in [1.807, 2.05) is 0 Å². The maximum Gasteiger partial charge on any atom is 0.574 e. The summed E-state index contributed by atoms with van der Waals surface area (Å²) in [5, 5.41) is 9.51. The molecule has 0 unspecified atom stereocenters. The highest BCUT2D eigenvalue weighted by atomic mass is 19.4. The van der Waals surface area contributed by atoms with Crippen LogP contribution >= 0.6 is 0 Å². The number of esters is 1. The zero-order chi connectivity index (χ0) is 16.2. The van der Waals surface area contributed by atoms with Crippen molar-refractivity contribution in [3.05, 3.63) is 17.3 Å². The van der Waals surface area contributed by atoms with Gasteiger partial charge in [-0.05, 0) is 6.92 Å². The van der Waals surface area contributed by atoms with Gasteiger partial charge in [-0.3, -0.25) is 4.79 Å². The van der Waals surface area contributed by atoms with E-state index in [0.717, 1.165) is 0 Å². The van der Waals surface area contributed by atoms with Crippen LogP contribution in [0.25, 0.3) is 0 Å². The van der Waals surface area contributed by atoms with E-state index in [2.05, 4.69) is 14.5 Å². The van der Waals surface area contributed by atoms with Gasteiger partial charge in [0.25, 0.3) is 6.43 Å². The van der Waals surface area contributed by atoms with Crippen molar-refractivity contribution < 1.29 is 41.3 Å². The van der Waals surface area contributed by atoms with Crippen LogP contribution in [0.2, 0.25) is 0 Å². The molecule has 0 aliphatic carbocycles. The second-order valence-corrected chi connectivity index (χ2v) is 3.68. The van der Waals surface area contributed by atoms with Crippen LogP contribution in [0.3, 0.4) is 0 Å². The lowest BCUT2D eigenvalue weighted by atomic mass is 10.1. The molecule has 1 N–H and O–H groups in total. The average molecular weight is 315 g/mol. The summed E-state index contributed by atoms with van der Waals surface area (Å²) in [7, 11) is 0. The SMILES string of the molecule is CCOC(=O)Cc1nc(OC(F)(F)F)cc(C(F)F)c1O. The largest absolute Gasteiger partial charge is 0.574 e. The van der Waals surface area contributed by atoms with E-state index in [1.54, 1.807) is 0 Å². The number of hydrogen-bond donors (Lipinski definition) is 1. The molecule has 1 heterocycles. The van der Waals surface area contributed by atoms with Gasteiger partial charge in [0, 0.05) is 6.07 Å². The van der Waals surface area contributed by atoms with Crippen LogP contribution in [0, 0.1) is 0 Å². The first-order valence-electron chi connectivity index (χ1n) is 5.56. The molecule has 0 aliphatic heterocycles. The molecule has 5 nitrogen and oxygen atoms in total. The first-order chi connectivity index (χ1) is 9.64. The molecule has 118 valence electrons. The zero-order valence-electron chi connectivity index (χ0n) is 10.6. The van der Waals surface area contributed by atoms with E-state index in [4.69, 9.17) is 0 Å². The Morgan fingerprint density at radius 2 is 2.05 bits per heavy atom. The van der Waals surface area contributed by atoms with Gasteiger partial charge in [-0.1, -0.05) is 0 Å². The van der Waals surface area contributed by atoms with Crippen molar-refractivity contribution in [1.82, 2.24) is 4.98 Å². The summed E-state index contributed by atoms with van der Waals surface area (Å²) in [6, 6.07) is 0.252. The molecule has 10 heteroatoms. The smallest absolute Gasteiger partial charge is 0.506 e. The molecule has 0 aliphatic rings. The molecule has 21 heavy (non-hydrogen) atoms. The summed E-state index contributed by atoms with van der Waals surface area (Å²) in [4.78, 5) is 14.4. The Balaban J connectivity index is 3.18. The van der Waals surface area contributed by atoms with Crippen LogP contribution in [-0.4, -0.2) is 29.0 Å². The molecule has 0 spiro atoms. The van der Waals surface area contributed by atoms with Crippen molar-refractivity contribution in [2.24, 2.45) is 0 Å². The number of halogens is 5. The second kappa shape index (κ2) is 6.55. The molecule has 1 aromatic heterocycles. The lowest BCUT2D eigenvalue weighted by Crippen LogP contribution is -2.19. The number of nitrogens with zero attached hydrogens (tertiary/aromatic N) is 1. The number of aromatic nitrogens is 1. The van der Waals surface area contributed by atoms with Crippen LogP contribution in [0.1, 0.15) is 24.6 Å². The fourth-order valence-corrected chi connectivity index (χ4v) is 1.40. The van der Waals surface area contributed by atoms with Gasteiger partial charge in [0.2, 0.25) is 5.88 Å². The fraction of sp³-hybridized carbons (Fsp3) is 0.455. The van der Waals surface area contributed by atoms with Crippen molar-refractivity contribution in [2.45, 2.75) is 26.1 Å². The maximum absolute atomic E-state index is 12.7. The minimum atomic E-state index is -5.15. The molecule has 1 rings (SSSR count). The number of pyridine rings is 1. The Kier molecular flexibility index (Phi) is 5.28. The lowest BCUT2D eigenvalue weighted by Gasteiger charge is -2.13. The molecular formula is C11H10F5NO4. The number of carbonyl (C=O) groups excluding carboxylic acids is 1. The highest BCUT2D eigenvalue weighted by molar-refractivity contribution is 5.73. The van der Waals surface area contributed by atoms with Crippen molar-refractivity contribution >= 4 is 5.97 Å². The molecule has 0 atom stereocenters. The lowest BCUT2D eigenvalue weighted by molar-refractivity contribution is -0.276. The Hall–Kier alpha value is -2.13. The van der Waals surface area contributed by atoms with Crippen molar-refractivity contribution in [1.29, 1.82) is 0 Å². The number of rotatable bonds is 5. The second-order valence-electron chi connectivity index (χ2n) is 3.68. The highest BCUT2D eigenvalue weighted by Gasteiger charge is 2.33. The molecule has 0 aromatic carbocycles. The molecule has 0 saturated carbocycles. The Morgan fingerprint density at radius 1 is 1.43 bits per heavy atom. The molecule has 0 fully saturated rings. The summed E-state index contributed by atoms with van der Waals surface area (Å²) >= 11 is 0. The number of alkyl halides is 5. The quantitative estimate of drug-likeness (QED) is 0.668. The molecular weight excluding hydrogens is 305 g/mol. The molecule has 0 saturated heterocycles. The van der Waals surface area contributed by atoms with E-state index in [-0.39, 0.29) is 12.7 Å². The van der Waals surface area contributed by atoms with Gasteiger partial charge >= 0.3 is 12.3 Å². The minimum absolute atomic E-state index is 0.0277. The number of hydrogen-bond acceptors (Lipinski definition) is 5. The molecule has 0 radical (unpaired) electrons. The number of ether oxygens (including phenoxy) is 2. The zero-order valence-corrected chi connectivity index (χ0v) is 10.6. The third-order valence-electron chi connectivity index (χ3n) is 2.14. The molecule has 1 aromatic rings. The van der Waals surface area contributed by atoms with Gasteiger partial charge < -0.3 is 14.6 Å². The van der Waals surface area contributed by atoms with E-state index in [9.17, 15) is 31.9 Å². The van der Waals surface area contributed by atoms with Gasteiger partial charge in [-0.15, -0.1) is 13.2 Å². The summed E-state index contributed by atoms with van der Waals surface area (Å²) in [6.45, 7) is 1.44. The van der Waals surface area contributed by atoms with Crippen LogP contribution in [0.4, 0.5) is 22.0 Å². The topological polar surface area (TPSA) is 68.7 Å². The predicted octanol–water partition coefficient (Wildman–Crippen LogP) is 2.73. The first-order valence-corrected chi connectivity index (χ1v) is 5.56. The van der Waals surface area contributed by atoms with E-state index < -0.39 is 48.1 Å². The Bertz CT molecular complexity index is 518. The van der Waals surface area contributed by atoms with Crippen LogP contribution in [0.5, 0.6) is 11.6 Å². The fourth-order valence-electron chi connectivity index (χ4n) is 1.40. The predicted molar refractivity (Wildman–Crippen MR) is 57.9 cm³/mol. The Morgan fingerprint density at radius 3 is 2.52 bits per heavy atom. The summed E-state index contributed by atoms with van der Waals surface area (Å²) in [5.41, 5.74) is -1.81. The van der Waals surface area contributed by atoms with Gasteiger partial charge in [0.05, 0.1) is 24.3 Å². The molecule has 0 bridgehead atoms. The van der Waals surface area contributed by atoms with Crippen molar-refractivity contribution in [3.63, 3.8) is 0 Å². The summed E-state index contributed by atoms with van der Waals surface area (Å²) in [6.07, 6.45) is -9.19. The normalized spacial score (nSPS) is 11.6. The van der Waals surface area contributed by atoms with Crippen molar-refractivity contribution in [2.75, 3.05) is 6.61 Å². The first kappa shape index (κ1) is 16.9. The summed E-state index contributed by atoms with van der Waals surface area (Å²) in [5.74, 6) is -3.22. The minimum Gasteiger partial charge on any atom is -0.506 e. The Labute approximate surface area is 115 Å². The number of carbonyl (C=O) groups is 1. The van der Waals surface area contributed by atoms with E-state index >= 15 is 0 Å². The third kappa shape index (κ3) is 5.04. The highest BCUT2D eigenvalue weighted by Crippen LogP contribution is 2.34. The van der Waals surface area contributed by atoms with Crippen LogP contribution < -0.4 is 4.74 Å². The van der Waals surface area contributed by atoms with Crippen LogP contribution in [0.15, 0.2) is 6.07 Å². The van der Waals surface area contributed by atoms with Gasteiger partial charge in [0.15, 0.2) is 0 Å². The van der Waals surface area contributed by atoms with E-state index in [0.29, 0.717) is 0 Å². The third-order valence-corrected chi connectivity index (χ3v) is 2.14. The van der Waals surface area contributed by atoms with Gasteiger partial charge in [-0.2, -0.15) is 0 Å². The molecule has 0 amide bonds. The number of aromatic hydroxyl groups is 1. The summed E-state index contributed by atoms with van der Waals surface area (Å²) < 4.78 is 69.5. The average Bonchev–Trinajstić information content (AvgIpc) is 2.31. The maximum atomic E-state index is 12.7. The van der Waals surface area contributed by atoms with Gasteiger partial charge in [-0.25, -0.2) is 13.8 Å². The standard InChI is InChI=1S/C11H10F5NO4/c1-2-20-8(18)4-6-9(19)5(10(12)13)3-7(17-6)21-11(14,15)16/h3,10,19H,2,4H2,1H3. The van der Waals surface area contributed by atoms with Gasteiger partial charge in [0.1, 0.15) is 5.75 Å². The van der Waals surface area contributed by atoms with Crippen LogP contribution in [-0.2, 0) is 16.0 Å². The monoisotopic (exact) mass is 315 g/mol. The van der Waals surface area contributed by atoms with E-state index in [1.165, 1.54) is 6.92 Å².